The molecule has 0 radical (unpaired) electrons. The first-order valence-electron chi connectivity index (χ1n) is 4.78. The Hall–Kier alpha value is -0.740. The van der Waals surface area contributed by atoms with Crippen LogP contribution in [0.15, 0.2) is 23.2 Å². The highest BCUT2D eigenvalue weighted by atomic mass is 32.2. The number of hydrazine groups is 1. The summed E-state index contributed by atoms with van der Waals surface area (Å²) in [5.74, 6) is 7.90. The van der Waals surface area contributed by atoms with Gasteiger partial charge in [0.25, 0.3) is 0 Å². The molecule has 4 heteroatoms. The van der Waals surface area contributed by atoms with Crippen molar-refractivity contribution in [1.29, 1.82) is 0 Å². The summed E-state index contributed by atoms with van der Waals surface area (Å²) in [4.78, 5) is 5.27. The number of hydrogen-bond donors (Lipinski definition) is 2. The first kappa shape index (κ1) is 11.3. The molecule has 0 aliphatic carbocycles. The zero-order valence-electron chi connectivity index (χ0n) is 8.66. The second-order valence-corrected chi connectivity index (χ2v) is 4.72. The van der Waals surface area contributed by atoms with Gasteiger partial charge in [0, 0.05) is 11.1 Å². The predicted octanol–water partition coefficient (Wildman–Crippen LogP) is 2.51. The topological polar surface area (TPSA) is 50.9 Å². The SMILES string of the molecule is CC(C)CCSc1ccnc(NN)c1. The van der Waals surface area contributed by atoms with Gasteiger partial charge in [0.05, 0.1) is 0 Å². The molecule has 0 saturated carbocycles. The smallest absolute Gasteiger partial charge is 0.140 e. The number of aromatic nitrogens is 1. The average Bonchev–Trinajstić information content (AvgIpc) is 2.18. The lowest BCUT2D eigenvalue weighted by molar-refractivity contribution is 0.632. The fourth-order valence-corrected chi connectivity index (χ4v) is 2.17. The van der Waals surface area contributed by atoms with E-state index in [1.165, 1.54) is 11.3 Å². The normalized spacial score (nSPS) is 10.6. The molecule has 0 aromatic carbocycles. The molecule has 0 fully saturated rings. The first-order chi connectivity index (χ1) is 6.72. The summed E-state index contributed by atoms with van der Waals surface area (Å²) < 4.78 is 0. The Morgan fingerprint density at radius 2 is 2.36 bits per heavy atom. The van der Waals surface area contributed by atoms with E-state index >= 15 is 0 Å². The van der Waals surface area contributed by atoms with Crippen molar-refractivity contribution in [3.05, 3.63) is 18.3 Å². The van der Waals surface area contributed by atoms with Gasteiger partial charge in [0.2, 0.25) is 0 Å². The van der Waals surface area contributed by atoms with Gasteiger partial charge < -0.3 is 5.43 Å². The number of nitrogens with one attached hydrogen (secondary N) is 1. The molecule has 1 heterocycles. The van der Waals surface area contributed by atoms with Crippen LogP contribution in [0.2, 0.25) is 0 Å². The quantitative estimate of drug-likeness (QED) is 0.446. The van der Waals surface area contributed by atoms with Crippen LogP contribution in [0.1, 0.15) is 20.3 Å². The Kier molecular flexibility index (Phi) is 4.76. The van der Waals surface area contributed by atoms with Gasteiger partial charge in [-0.05, 0) is 30.2 Å². The third kappa shape index (κ3) is 3.98. The number of anilines is 1. The molecule has 0 atom stereocenters. The fraction of sp³-hybridized carbons (Fsp3) is 0.500. The molecule has 14 heavy (non-hydrogen) atoms. The van der Waals surface area contributed by atoms with E-state index in [4.69, 9.17) is 5.84 Å². The van der Waals surface area contributed by atoms with Gasteiger partial charge >= 0.3 is 0 Å². The molecular weight excluding hydrogens is 194 g/mol. The van der Waals surface area contributed by atoms with Crippen molar-refractivity contribution in [2.24, 2.45) is 11.8 Å². The van der Waals surface area contributed by atoms with Crippen LogP contribution in [-0.4, -0.2) is 10.7 Å². The van der Waals surface area contributed by atoms with Crippen LogP contribution >= 0.6 is 11.8 Å². The van der Waals surface area contributed by atoms with Crippen LogP contribution in [-0.2, 0) is 0 Å². The van der Waals surface area contributed by atoms with Crippen LogP contribution in [0.5, 0.6) is 0 Å². The number of hydrogen-bond acceptors (Lipinski definition) is 4. The molecule has 0 aliphatic rings. The summed E-state index contributed by atoms with van der Waals surface area (Å²) in [6.45, 7) is 4.47. The molecule has 0 unspecified atom stereocenters. The van der Waals surface area contributed by atoms with Crippen molar-refractivity contribution in [1.82, 2.24) is 4.98 Å². The van der Waals surface area contributed by atoms with E-state index in [1.54, 1.807) is 6.20 Å². The molecular formula is C10H17N3S. The minimum absolute atomic E-state index is 0.722. The molecule has 0 bridgehead atoms. The van der Waals surface area contributed by atoms with Gasteiger partial charge in [0.1, 0.15) is 5.82 Å². The lowest BCUT2D eigenvalue weighted by Crippen LogP contribution is -2.08. The zero-order valence-corrected chi connectivity index (χ0v) is 9.47. The molecule has 3 N–H and O–H groups in total. The third-order valence-corrected chi connectivity index (χ3v) is 2.87. The lowest BCUT2D eigenvalue weighted by Gasteiger charge is -2.05. The number of nitrogens with two attached hydrogens (primary N) is 1. The van der Waals surface area contributed by atoms with E-state index in [0.29, 0.717) is 0 Å². The summed E-state index contributed by atoms with van der Waals surface area (Å²) in [5.41, 5.74) is 2.54. The standard InChI is InChI=1S/C10H17N3S/c1-8(2)4-6-14-9-3-5-12-10(7-9)13-11/h3,5,7-8H,4,6,11H2,1-2H3,(H,12,13). The third-order valence-electron chi connectivity index (χ3n) is 1.84. The Balaban J connectivity index is 2.42. The highest BCUT2D eigenvalue weighted by molar-refractivity contribution is 7.99. The Bertz CT molecular complexity index is 276. The highest BCUT2D eigenvalue weighted by Crippen LogP contribution is 2.21. The van der Waals surface area contributed by atoms with E-state index in [1.807, 2.05) is 23.9 Å². The maximum absolute atomic E-state index is 5.27. The van der Waals surface area contributed by atoms with Gasteiger partial charge in [-0.2, -0.15) is 0 Å². The van der Waals surface area contributed by atoms with Crippen molar-refractivity contribution in [2.45, 2.75) is 25.2 Å². The van der Waals surface area contributed by atoms with E-state index in [2.05, 4.69) is 24.3 Å². The van der Waals surface area contributed by atoms with E-state index in [0.717, 1.165) is 17.5 Å². The number of nitrogen functional groups attached to an aromatic ring is 1. The second kappa shape index (κ2) is 5.88. The van der Waals surface area contributed by atoms with Crippen LogP contribution < -0.4 is 11.3 Å². The maximum atomic E-state index is 5.27. The van der Waals surface area contributed by atoms with Crippen molar-refractivity contribution >= 4 is 17.6 Å². The van der Waals surface area contributed by atoms with E-state index in [-0.39, 0.29) is 0 Å². The molecule has 0 amide bonds. The maximum Gasteiger partial charge on any atom is 0.140 e. The average molecular weight is 211 g/mol. The zero-order chi connectivity index (χ0) is 10.4. The number of rotatable bonds is 5. The predicted molar refractivity (Wildman–Crippen MR) is 62.2 cm³/mol. The van der Waals surface area contributed by atoms with Crippen LogP contribution in [0.25, 0.3) is 0 Å². The summed E-state index contributed by atoms with van der Waals surface area (Å²) in [5, 5.41) is 0. The number of nitrogens with zero attached hydrogens (tertiary/aromatic N) is 1. The van der Waals surface area contributed by atoms with Crippen molar-refractivity contribution in [3.63, 3.8) is 0 Å². The Morgan fingerprint density at radius 1 is 1.57 bits per heavy atom. The van der Waals surface area contributed by atoms with Gasteiger partial charge in [-0.25, -0.2) is 10.8 Å². The monoisotopic (exact) mass is 211 g/mol. The molecule has 0 aliphatic heterocycles. The van der Waals surface area contributed by atoms with E-state index < -0.39 is 0 Å². The minimum Gasteiger partial charge on any atom is -0.308 e. The largest absolute Gasteiger partial charge is 0.308 e. The van der Waals surface area contributed by atoms with Gasteiger partial charge in [-0.1, -0.05) is 13.8 Å². The number of thioether (sulfide) groups is 1. The van der Waals surface area contributed by atoms with Crippen molar-refractivity contribution in [3.8, 4) is 0 Å². The number of pyridine rings is 1. The summed E-state index contributed by atoms with van der Waals surface area (Å²) in [6.07, 6.45) is 3.01. The van der Waals surface area contributed by atoms with Crippen molar-refractivity contribution in [2.75, 3.05) is 11.2 Å². The molecule has 0 saturated heterocycles. The molecule has 0 spiro atoms. The highest BCUT2D eigenvalue weighted by Gasteiger charge is 1.98. The Morgan fingerprint density at radius 3 is 3.00 bits per heavy atom. The summed E-state index contributed by atoms with van der Waals surface area (Å²) in [6, 6.07) is 3.97. The minimum atomic E-state index is 0.722. The molecule has 3 nitrogen and oxygen atoms in total. The van der Waals surface area contributed by atoms with Crippen LogP contribution in [0.4, 0.5) is 5.82 Å². The van der Waals surface area contributed by atoms with Gasteiger partial charge in [-0.15, -0.1) is 11.8 Å². The van der Waals surface area contributed by atoms with Crippen LogP contribution in [0, 0.1) is 5.92 Å². The summed E-state index contributed by atoms with van der Waals surface area (Å²) >= 11 is 1.84. The summed E-state index contributed by atoms with van der Waals surface area (Å²) in [7, 11) is 0. The van der Waals surface area contributed by atoms with Gasteiger partial charge in [0.15, 0.2) is 0 Å². The fourth-order valence-electron chi connectivity index (χ4n) is 0.992. The Labute approximate surface area is 89.5 Å². The van der Waals surface area contributed by atoms with Gasteiger partial charge in [-0.3, -0.25) is 0 Å². The molecule has 1 aromatic rings. The first-order valence-corrected chi connectivity index (χ1v) is 5.76. The van der Waals surface area contributed by atoms with Crippen LogP contribution in [0.3, 0.4) is 0 Å². The second-order valence-electron chi connectivity index (χ2n) is 3.55. The van der Waals surface area contributed by atoms with Crippen molar-refractivity contribution < 1.29 is 0 Å². The molecule has 78 valence electrons. The molecule has 1 aromatic heterocycles. The van der Waals surface area contributed by atoms with E-state index in [9.17, 15) is 0 Å². The molecule has 1 rings (SSSR count). The lowest BCUT2D eigenvalue weighted by atomic mass is 10.2.